The minimum atomic E-state index is -0.364. The quantitative estimate of drug-likeness (QED) is 0.545. The first-order chi connectivity index (χ1) is 11.7. The molecule has 1 amide bonds. The van der Waals surface area contributed by atoms with Crippen LogP contribution in [-0.4, -0.2) is 16.0 Å². The molecule has 0 spiro atoms. The van der Waals surface area contributed by atoms with E-state index >= 15 is 0 Å². The summed E-state index contributed by atoms with van der Waals surface area (Å²) in [6, 6.07) is 20.6. The molecule has 0 bridgehead atoms. The van der Waals surface area contributed by atoms with Crippen molar-refractivity contribution in [2.75, 3.05) is 5.32 Å². The van der Waals surface area contributed by atoms with Crippen molar-refractivity contribution in [2.45, 2.75) is 7.43 Å². The van der Waals surface area contributed by atoms with E-state index in [4.69, 9.17) is 0 Å². The fourth-order valence-electron chi connectivity index (χ4n) is 2.84. The van der Waals surface area contributed by atoms with Gasteiger partial charge in [0.15, 0.2) is 5.75 Å². The van der Waals surface area contributed by atoms with E-state index in [1.807, 2.05) is 48.5 Å². The van der Waals surface area contributed by atoms with Crippen molar-refractivity contribution in [2.24, 2.45) is 0 Å². The minimum Gasteiger partial charge on any atom is -0.505 e. The smallest absolute Gasteiger partial charge is 0.259 e. The Kier molecular flexibility index (Phi) is 4.35. The second kappa shape index (κ2) is 6.61. The van der Waals surface area contributed by atoms with E-state index in [1.54, 1.807) is 24.4 Å². The predicted molar refractivity (Wildman–Crippen MR) is 102 cm³/mol. The normalized spacial score (nSPS) is 10.4. The number of nitrogens with zero attached hydrogens (tertiary/aromatic N) is 1. The third kappa shape index (κ3) is 2.90. The molecule has 0 saturated carbocycles. The van der Waals surface area contributed by atoms with Crippen molar-refractivity contribution in [3.05, 3.63) is 78.5 Å². The van der Waals surface area contributed by atoms with Crippen LogP contribution < -0.4 is 5.32 Å². The Morgan fingerprint density at radius 3 is 2.52 bits per heavy atom. The molecule has 0 aliphatic heterocycles. The number of hydrogen-bond donors (Lipinski definition) is 2. The van der Waals surface area contributed by atoms with Gasteiger partial charge in [0.25, 0.3) is 5.91 Å². The first-order valence-corrected chi connectivity index (χ1v) is 7.60. The van der Waals surface area contributed by atoms with E-state index in [9.17, 15) is 9.90 Å². The molecule has 25 heavy (non-hydrogen) atoms. The van der Waals surface area contributed by atoms with Crippen LogP contribution in [0.3, 0.4) is 0 Å². The zero-order chi connectivity index (χ0) is 16.5. The van der Waals surface area contributed by atoms with Gasteiger partial charge in [0.2, 0.25) is 0 Å². The summed E-state index contributed by atoms with van der Waals surface area (Å²) in [6.45, 7) is 0. The molecule has 3 aromatic carbocycles. The number of carbonyl (C=O) groups is 1. The first-order valence-electron chi connectivity index (χ1n) is 7.60. The van der Waals surface area contributed by atoms with Crippen LogP contribution >= 0.6 is 0 Å². The van der Waals surface area contributed by atoms with E-state index < -0.39 is 0 Å². The van der Waals surface area contributed by atoms with Gasteiger partial charge in [0.1, 0.15) is 5.52 Å². The second-order valence-corrected chi connectivity index (χ2v) is 5.52. The lowest BCUT2D eigenvalue weighted by molar-refractivity contribution is 0.102. The molecule has 4 rings (SSSR count). The van der Waals surface area contributed by atoms with Gasteiger partial charge in [-0.3, -0.25) is 9.78 Å². The molecule has 4 heteroatoms. The number of nitrogens with one attached hydrogen (secondary N) is 1. The van der Waals surface area contributed by atoms with Crippen molar-refractivity contribution in [1.29, 1.82) is 0 Å². The molecule has 4 nitrogen and oxygen atoms in total. The Morgan fingerprint density at radius 2 is 1.64 bits per heavy atom. The molecule has 2 N–H and O–H groups in total. The molecular weight excluding hydrogens is 312 g/mol. The highest BCUT2D eigenvalue weighted by Gasteiger charge is 2.15. The van der Waals surface area contributed by atoms with Crippen molar-refractivity contribution in [1.82, 2.24) is 4.98 Å². The molecular formula is C21H18N2O2. The molecule has 1 heterocycles. The van der Waals surface area contributed by atoms with Crippen LogP contribution in [0.25, 0.3) is 21.7 Å². The number of aromatic nitrogens is 1. The number of fused-ring (bicyclic) bond motifs is 2. The van der Waals surface area contributed by atoms with Crippen molar-refractivity contribution >= 4 is 33.3 Å². The summed E-state index contributed by atoms with van der Waals surface area (Å²) < 4.78 is 0. The number of carbonyl (C=O) groups excluding carboxylic acids is 1. The number of benzene rings is 3. The van der Waals surface area contributed by atoms with E-state index in [2.05, 4.69) is 10.3 Å². The predicted octanol–water partition coefficient (Wildman–Crippen LogP) is 4.98. The number of aromatic hydroxyl groups is 1. The maximum absolute atomic E-state index is 12.6. The van der Waals surface area contributed by atoms with Gasteiger partial charge in [-0.2, -0.15) is 0 Å². The number of pyridine rings is 1. The standard InChI is InChI=1S/C20H14N2O2.CH4/c23-19-16(11-10-14-7-4-12-21-18(14)19)20(24)22-17-9-3-6-13-5-1-2-8-15(13)17;/h1-12,23H,(H,22,24);1H4. The molecule has 4 aromatic rings. The molecule has 0 atom stereocenters. The van der Waals surface area contributed by atoms with Gasteiger partial charge in [-0.05, 0) is 23.6 Å². The molecule has 0 unspecified atom stereocenters. The van der Waals surface area contributed by atoms with Gasteiger partial charge in [-0.1, -0.05) is 56.0 Å². The van der Waals surface area contributed by atoms with Crippen LogP contribution in [0.15, 0.2) is 72.9 Å². The third-order valence-corrected chi connectivity index (χ3v) is 4.03. The van der Waals surface area contributed by atoms with E-state index in [0.29, 0.717) is 11.2 Å². The maximum Gasteiger partial charge on any atom is 0.259 e. The van der Waals surface area contributed by atoms with E-state index in [1.165, 1.54) is 0 Å². The number of rotatable bonds is 2. The molecule has 124 valence electrons. The first kappa shape index (κ1) is 16.5. The number of hydrogen-bond acceptors (Lipinski definition) is 3. The number of phenols is 1. The molecule has 0 aliphatic carbocycles. The topological polar surface area (TPSA) is 62.2 Å². The summed E-state index contributed by atoms with van der Waals surface area (Å²) in [5, 5.41) is 16.0. The van der Waals surface area contributed by atoms with Crippen molar-refractivity contribution < 1.29 is 9.90 Å². The highest BCUT2D eigenvalue weighted by atomic mass is 16.3. The molecule has 0 fully saturated rings. The summed E-state index contributed by atoms with van der Waals surface area (Å²) in [5.41, 5.74) is 1.33. The summed E-state index contributed by atoms with van der Waals surface area (Å²) in [4.78, 5) is 16.8. The van der Waals surface area contributed by atoms with Gasteiger partial charge < -0.3 is 10.4 Å². The monoisotopic (exact) mass is 330 g/mol. The average Bonchev–Trinajstić information content (AvgIpc) is 2.62. The Bertz CT molecular complexity index is 1070. The van der Waals surface area contributed by atoms with Gasteiger partial charge in [-0.15, -0.1) is 0 Å². The Labute approximate surface area is 145 Å². The van der Waals surface area contributed by atoms with Crippen LogP contribution in [0, 0.1) is 0 Å². The Morgan fingerprint density at radius 1 is 0.880 bits per heavy atom. The zero-order valence-corrected chi connectivity index (χ0v) is 12.7. The van der Waals surface area contributed by atoms with Crippen LogP contribution in [0.2, 0.25) is 0 Å². The number of anilines is 1. The lowest BCUT2D eigenvalue weighted by Crippen LogP contribution is -2.12. The second-order valence-electron chi connectivity index (χ2n) is 5.52. The Hall–Kier alpha value is -3.40. The summed E-state index contributed by atoms with van der Waals surface area (Å²) >= 11 is 0. The lowest BCUT2D eigenvalue weighted by atomic mass is 10.1. The van der Waals surface area contributed by atoms with Gasteiger partial charge in [-0.25, -0.2) is 0 Å². The Balaban J connectivity index is 0.00000182. The summed E-state index contributed by atoms with van der Waals surface area (Å²) in [6.07, 6.45) is 1.59. The van der Waals surface area contributed by atoms with Gasteiger partial charge in [0.05, 0.1) is 5.56 Å². The highest BCUT2D eigenvalue weighted by Crippen LogP contribution is 2.29. The van der Waals surface area contributed by atoms with Crippen LogP contribution in [0.1, 0.15) is 17.8 Å². The van der Waals surface area contributed by atoms with Crippen LogP contribution in [-0.2, 0) is 0 Å². The highest BCUT2D eigenvalue weighted by molar-refractivity contribution is 6.12. The summed E-state index contributed by atoms with van der Waals surface area (Å²) in [7, 11) is 0. The maximum atomic E-state index is 12.6. The fourth-order valence-corrected chi connectivity index (χ4v) is 2.84. The van der Waals surface area contributed by atoms with Crippen molar-refractivity contribution in [3.8, 4) is 5.75 Å². The molecule has 0 saturated heterocycles. The molecule has 1 aromatic heterocycles. The fraction of sp³-hybridized carbons (Fsp3) is 0.0476. The molecule has 0 radical (unpaired) electrons. The number of amides is 1. The van der Waals surface area contributed by atoms with Crippen LogP contribution in [0.4, 0.5) is 5.69 Å². The van der Waals surface area contributed by atoms with Crippen LogP contribution in [0.5, 0.6) is 5.75 Å². The average molecular weight is 330 g/mol. The van der Waals surface area contributed by atoms with E-state index in [-0.39, 0.29) is 24.6 Å². The van der Waals surface area contributed by atoms with Gasteiger partial charge >= 0.3 is 0 Å². The summed E-state index contributed by atoms with van der Waals surface area (Å²) in [5.74, 6) is -0.470. The zero-order valence-electron chi connectivity index (χ0n) is 12.7. The third-order valence-electron chi connectivity index (χ3n) is 4.03. The SMILES string of the molecule is C.O=C(Nc1cccc2ccccc12)c1ccc2cccnc2c1O. The van der Waals surface area contributed by atoms with Crippen molar-refractivity contribution in [3.63, 3.8) is 0 Å². The minimum absolute atomic E-state index is 0. The lowest BCUT2D eigenvalue weighted by Gasteiger charge is -2.10. The van der Waals surface area contributed by atoms with E-state index in [0.717, 1.165) is 16.2 Å². The largest absolute Gasteiger partial charge is 0.505 e. The number of phenolic OH excluding ortho intramolecular Hbond substituents is 1. The van der Waals surface area contributed by atoms with Gasteiger partial charge in [0, 0.05) is 22.7 Å². The molecule has 0 aliphatic rings.